The summed E-state index contributed by atoms with van der Waals surface area (Å²) in [5.74, 6) is 0.719. The largest absolute Gasteiger partial charge is 0.493 e. The average Bonchev–Trinajstić information content (AvgIpc) is 2.67. The summed E-state index contributed by atoms with van der Waals surface area (Å²) in [4.78, 5) is 15.9. The lowest BCUT2D eigenvalue weighted by Gasteiger charge is -2.32. The lowest BCUT2D eigenvalue weighted by molar-refractivity contribution is -0.375. The first kappa shape index (κ1) is 16.3. The minimum atomic E-state index is -0.845. The normalized spacial score (nSPS) is 20.5. The predicted octanol–water partition coefficient (Wildman–Crippen LogP) is 2.93. The van der Waals surface area contributed by atoms with Crippen LogP contribution in [0.3, 0.4) is 0 Å². The monoisotopic (exact) mass is 356 g/mol. The van der Waals surface area contributed by atoms with Gasteiger partial charge in [-0.15, -0.1) is 0 Å². The third-order valence-corrected chi connectivity index (χ3v) is 4.53. The molecule has 0 spiro atoms. The Balaban J connectivity index is 1.94. The van der Waals surface area contributed by atoms with Crippen LogP contribution in [-0.2, 0) is 16.0 Å². The van der Waals surface area contributed by atoms with E-state index in [-0.39, 0.29) is 12.3 Å². The van der Waals surface area contributed by atoms with E-state index >= 15 is 0 Å². The van der Waals surface area contributed by atoms with Crippen molar-refractivity contribution < 1.29 is 24.0 Å². The molecule has 2 heterocycles. The molecule has 0 saturated carbocycles. The van der Waals surface area contributed by atoms with Crippen LogP contribution >= 0.6 is 0 Å². The van der Waals surface area contributed by atoms with E-state index in [4.69, 9.17) is 19.0 Å². The fourth-order valence-corrected chi connectivity index (χ4v) is 3.40. The van der Waals surface area contributed by atoms with E-state index in [2.05, 4.69) is 5.16 Å². The van der Waals surface area contributed by atoms with Crippen molar-refractivity contribution in [3.63, 3.8) is 0 Å². The molecule has 0 fully saturated rings. The van der Waals surface area contributed by atoms with Gasteiger partial charge < -0.3 is 24.3 Å². The van der Waals surface area contributed by atoms with E-state index in [9.17, 15) is 10.1 Å². The van der Waals surface area contributed by atoms with Gasteiger partial charge in [-0.2, -0.15) is 0 Å². The van der Waals surface area contributed by atoms with Gasteiger partial charge in [0.2, 0.25) is 0 Å². The molecule has 26 heavy (non-hydrogen) atoms. The number of methoxy groups -OCH3 is 2. The molecule has 0 amide bonds. The van der Waals surface area contributed by atoms with Crippen LogP contribution in [0.15, 0.2) is 41.6 Å². The number of hydrogen-bond donors (Lipinski definition) is 0. The minimum Gasteiger partial charge on any atom is -0.493 e. The van der Waals surface area contributed by atoms with Crippen LogP contribution in [0.2, 0.25) is 0 Å². The van der Waals surface area contributed by atoms with E-state index in [1.165, 1.54) is 7.11 Å². The number of oxime groups is 1. The summed E-state index contributed by atoms with van der Waals surface area (Å²) in [6.07, 6.45) is -1.40. The van der Waals surface area contributed by atoms with Crippen molar-refractivity contribution in [1.82, 2.24) is 0 Å². The molecule has 0 radical (unpaired) electrons. The molecule has 2 aromatic carbocycles. The molecule has 0 unspecified atom stereocenters. The number of benzene rings is 2. The summed E-state index contributed by atoms with van der Waals surface area (Å²) < 4.78 is 16.8. The maximum Gasteiger partial charge on any atom is 0.414 e. The minimum absolute atomic E-state index is 0.245. The number of amidine groups is 1. The molecule has 0 aliphatic carbocycles. The summed E-state index contributed by atoms with van der Waals surface area (Å²) in [6, 6.07) is 11.6. The zero-order valence-electron chi connectivity index (χ0n) is 14.2. The van der Waals surface area contributed by atoms with Crippen LogP contribution in [0.5, 0.6) is 11.5 Å². The lowest BCUT2D eigenvalue weighted by Crippen LogP contribution is -2.41. The van der Waals surface area contributed by atoms with Gasteiger partial charge in [0.15, 0.2) is 22.8 Å². The molecule has 2 aromatic rings. The van der Waals surface area contributed by atoms with Crippen LogP contribution in [0, 0.1) is 10.1 Å². The molecule has 134 valence electrons. The zero-order chi connectivity index (χ0) is 18.3. The molecule has 4 rings (SSSR count). The van der Waals surface area contributed by atoms with Gasteiger partial charge in [-0.3, -0.25) is 4.84 Å². The van der Waals surface area contributed by atoms with Crippen LogP contribution in [0.4, 0.5) is 0 Å². The van der Waals surface area contributed by atoms with E-state index in [1.54, 1.807) is 7.11 Å². The van der Waals surface area contributed by atoms with Crippen LogP contribution in [-0.4, -0.2) is 31.1 Å². The highest BCUT2D eigenvalue weighted by Crippen LogP contribution is 2.48. The molecule has 2 atom stereocenters. The number of fused-ring (bicyclic) bond motifs is 4. The van der Waals surface area contributed by atoms with Gasteiger partial charge in [0.25, 0.3) is 6.29 Å². The Bertz CT molecular complexity index is 896. The molecule has 2 aliphatic heterocycles. The van der Waals surface area contributed by atoms with E-state index < -0.39 is 17.3 Å². The summed E-state index contributed by atoms with van der Waals surface area (Å²) >= 11 is 0. The molecule has 8 nitrogen and oxygen atoms in total. The first-order chi connectivity index (χ1) is 12.6. The summed E-state index contributed by atoms with van der Waals surface area (Å²) in [5.41, 5.74) is 3.30. The van der Waals surface area contributed by atoms with Gasteiger partial charge in [-0.1, -0.05) is 30.3 Å². The van der Waals surface area contributed by atoms with Gasteiger partial charge in [0, 0.05) is 17.5 Å². The van der Waals surface area contributed by atoms with Crippen LogP contribution < -0.4 is 9.47 Å². The summed E-state index contributed by atoms with van der Waals surface area (Å²) in [6.45, 7) is 0. The number of ether oxygens (including phenoxy) is 3. The van der Waals surface area contributed by atoms with Gasteiger partial charge >= 0.3 is 5.84 Å². The fourth-order valence-electron chi connectivity index (χ4n) is 3.40. The maximum absolute atomic E-state index is 11.2. The van der Waals surface area contributed by atoms with Crippen LogP contribution in [0.25, 0.3) is 11.1 Å². The smallest absolute Gasteiger partial charge is 0.414 e. The van der Waals surface area contributed by atoms with Gasteiger partial charge in [0.1, 0.15) is 0 Å². The van der Waals surface area contributed by atoms with Crippen molar-refractivity contribution in [1.29, 1.82) is 0 Å². The van der Waals surface area contributed by atoms with Gasteiger partial charge in [0.05, 0.1) is 14.2 Å². The first-order valence-electron chi connectivity index (χ1n) is 8.00. The third-order valence-electron chi connectivity index (χ3n) is 4.53. The highest BCUT2D eigenvalue weighted by molar-refractivity contribution is 5.82. The fraction of sp³-hybridized carbons (Fsp3) is 0.278. The quantitative estimate of drug-likeness (QED) is 0.620. The Morgan fingerprint density at radius 2 is 2.00 bits per heavy atom. The standard InChI is InChI=1S/C18H16N2O6/c1-23-13-8-11(10-6-4-3-5-7-10)15-12(16(13)24-2)9-14-17(20(21)22)19-26-18(15)25-14/h3-8,14,18H,9H2,1-2H3/t14-,18-/m1/s1. The van der Waals surface area contributed by atoms with Crippen molar-refractivity contribution >= 4 is 5.84 Å². The van der Waals surface area contributed by atoms with Crippen molar-refractivity contribution in [3.05, 3.63) is 57.6 Å². The van der Waals surface area contributed by atoms with Gasteiger partial charge in [-0.05, 0) is 22.1 Å². The number of rotatable bonds is 3. The average molecular weight is 356 g/mol. The molecule has 0 aromatic heterocycles. The van der Waals surface area contributed by atoms with Crippen molar-refractivity contribution in [3.8, 4) is 22.6 Å². The second kappa shape index (κ2) is 6.30. The Morgan fingerprint density at radius 3 is 2.65 bits per heavy atom. The maximum atomic E-state index is 11.2. The Kier molecular flexibility index (Phi) is 3.96. The second-order valence-corrected chi connectivity index (χ2v) is 5.89. The number of nitrogens with zero attached hydrogens (tertiary/aromatic N) is 2. The highest BCUT2D eigenvalue weighted by Gasteiger charge is 2.46. The van der Waals surface area contributed by atoms with Crippen molar-refractivity contribution in [2.75, 3.05) is 14.2 Å². The van der Waals surface area contributed by atoms with E-state index in [0.717, 1.165) is 22.3 Å². The van der Waals surface area contributed by atoms with E-state index in [1.807, 2.05) is 36.4 Å². The SMILES string of the molecule is COc1cc(-c2ccccc2)c2c(c1OC)C[C@H]1O[C@@H]2ON=C1[N+](=O)[O-]. The highest BCUT2D eigenvalue weighted by atomic mass is 16.8. The Labute approximate surface area is 149 Å². The first-order valence-corrected chi connectivity index (χ1v) is 8.00. The molecule has 0 N–H and O–H groups in total. The third kappa shape index (κ3) is 2.46. The Morgan fingerprint density at radius 1 is 1.23 bits per heavy atom. The number of nitro groups is 1. The van der Waals surface area contributed by atoms with Crippen molar-refractivity contribution in [2.24, 2.45) is 5.16 Å². The topological polar surface area (TPSA) is 92.4 Å². The Hall–Kier alpha value is -3.13. The van der Waals surface area contributed by atoms with Crippen molar-refractivity contribution in [2.45, 2.75) is 18.8 Å². The second-order valence-electron chi connectivity index (χ2n) is 5.89. The number of hydrogen-bond acceptors (Lipinski definition) is 7. The summed E-state index contributed by atoms with van der Waals surface area (Å²) in [5, 5.41) is 14.9. The molecular weight excluding hydrogens is 340 g/mol. The molecule has 0 saturated heterocycles. The van der Waals surface area contributed by atoms with E-state index in [0.29, 0.717) is 11.5 Å². The lowest BCUT2D eigenvalue weighted by atomic mass is 9.88. The molecule has 8 heteroatoms. The van der Waals surface area contributed by atoms with Crippen LogP contribution in [0.1, 0.15) is 17.4 Å². The molecule has 2 bridgehead atoms. The zero-order valence-corrected chi connectivity index (χ0v) is 14.2. The van der Waals surface area contributed by atoms with Gasteiger partial charge in [-0.25, -0.2) is 0 Å². The molecular formula is C18H16N2O6. The summed E-state index contributed by atoms with van der Waals surface area (Å²) in [7, 11) is 3.09. The molecule has 2 aliphatic rings. The predicted molar refractivity (Wildman–Crippen MR) is 91.8 cm³/mol.